The Morgan fingerprint density at radius 2 is 1.29 bits per heavy atom. The minimum atomic E-state index is 1.29. The van der Waals surface area contributed by atoms with Crippen LogP contribution in [-0.2, 0) is 0 Å². The van der Waals surface area contributed by atoms with Crippen molar-refractivity contribution in [2.45, 2.75) is 20.8 Å². The normalized spacial score (nSPS) is 11.4. The predicted octanol–water partition coefficient (Wildman–Crippen LogP) is 8.31. The molecule has 136 valence electrons. The summed E-state index contributed by atoms with van der Waals surface area (Å²) in [6.45, 7) is 6.58. The van der Waals surface area contributed by atoms with Gasteiger partial charge in [-0.15, -0.1) is 11.3 Å². The molecule has 5 aromatic rings. The zero-order valence-corrected chi connectivity index (χ0v) is 17.2. The van der Waals surface area contributed by atoms with Gasteiger partial charge in [-0.05, 0) is 72.4 Å². The summed E-state index contributed by atoms with van der Waals surface area (Å²) in [7, 11) is 0. The second-order valence-electron chi connectivity index (χ2n) is 7.63. The lowest BCUT2D eigenvalue weighted by Gasteiger charge is -2.13. The molecule has 0 atom stereocenters. The first-order chi connectivity index (χ1) is 13.6. The molecule has 0 saturated carbocycles. The van der Waals surface area contributed by atoms with Crippen LogP contribution in [0.4, 0.5) is 0 Å². The van der Waals surface area contributed by atoms with Gasteiger partial charge in [0.2, 0.25) is 0 Å². The number of thiophene rings is 1. The van der Waals surface area contributed by atoms with Crippen molar-refractivity contribution in [2.24, 2.45) is 0 Å². The fourth-order valence-corrected chi connectivity index (χ4v) is 5.25. The Morgan fingerprint density at radius 1 is 0.571 bits per heavy atom. The van der Waals surface area contributed by atoms with Crippen LogP contribution in [0.3, 0.4) is 0 Å². The van der Waals surface area contributed by atoms with Gasteiger partial charge in [-0.2, -0.15) is 0 Å². The van der Waals surface area contributed by atoms with Crippen LogP contribution in [0, 0.1) is 20.8 Å². The monoisotopic (exact) mass is 378 g/mol. The van der Waals surface area contributed by atoms with Crippen molar-refractivity contribution in [2.75, 3.05) is 0 Å². The van der Waals surface area contributed by atoms with Gasteiger partial charge in [0.1, 0.15) is 0 Å². The van der Waals surface area contributed by atoms with Gasteiger partial charge in [0, 0.05) is 20.2 Å². The summed E-state index contributed by atoms with van der Waals surface area (Å²) in [6.07, 6.45) is 0. The molecule has 1 heteroatoms. The van der Waals surface area contributed by atoms with Crippen molar-refractivity contribution in [3.63, 3.8) is 0 Å². The summed E-state index contributed by atoms with van der Waals surface area (Å²) in [5.74, 6) is 0. The Labute approximate surface area is 170 Å². The molecule has 1 aromatic heterocycles. The summed E-state index contributed by atoms with van der Waals surface area (Å²) in [5, 5.41) is 2.73. The van der Waals surface area contributed by atoms with E-state index in [1.54, 1.807) is 0 Å². The van der Waals surface area contributed by atoms with E-state index in [0.29, 0.717) is 0 Å². The third kappa shape index (κ3) is 2.75. The number of hydrogen-bond donors (Lipinski definition) is 0. The van der Waals surface area contributed by atoms with E-state index in [2.05, 4.69) is 99.6 Å². The lowest BCUT2D eigenvalue weighted by Crippen LogP contribution is -1.90. The van der Waals surface area contributed by atoms with Crippen molar-refractivity contribution in [3.05, 3.63) is 95.6 Å². The second-order valence-corrected chi connectivity index (χ2v) is 8.71. The molecule has 0 aliphatic rings. The summed E-state index contributed by atoms with van der Waals surface area (Å²) >= 11 is 1.88. The second kappa shape index (κ2) is 6.61. The van der Waals surface area contributed by atoms with Crippen LogP contribution < -0.4 is 0 Å². The summed E-state index contributed by atoms with van der Waals surface area (Å²) in [6, 6.07) is 29.1. The third-order valence-corrected chi connectivity index (χ3v) is 6.77. The average Bonchev–Trinajstić information content (AvgIpc) is 3.09. The Morgan fingerprint density at radius 3 is 2.14 bits per heavy atom. The van der Waals surface area contributed by atoms with Crippen LogP contribution in [0.2, 0.25) is 0 Å². The number of rotatable bonds is 2. The zero-order valence-electron chi connectivity index (χ0n) is 16.4. The molecule has 0 aliphatic carbocycles. The smallest absolute Gasteiger partial charge is 0.0361 e. The van der Waals surface area contributed by atoms with Gasteiger partial charge in [0.15, 0.2) is 0 Å². The largest absolute Gasteiger partial charge is 0.135 e. The Bertz CT molecular complexity index is 1340. The van der Waals surface area contributed by atoms with E-state index >= 15 is 0 Å². The van der Waals surface area contributed by atoms with E-state index in [1.807, 2.05) is 11.3 Å². The Hall–Kier alpha value is -2.90. The lowest BCUT2D eigenvalue weighted by molar-refractivity contribution is 1.37. The lowest BCUT2D eigenvalue weighted by atomic mass is 9.91. The molecule has 0 unspecified atom stereocenters. The standard InChI is InChI=1S/C27H22S/c1-17-11-12-18(2)23(15-17)24-16-20(14-13-19(24)3)21-8-6-10-26-27(21)22-7-4-5-9-25(22)28-26/h4-16H,1-3H3. The zero-order chi connectivity index (χ0) is 19.3. The molecule has 5 rings (SSSR count). The van der Waals surface area contributed by atoms with Gasteiger partial charge in [0.05, 0.1) is 0 Å². The van der Waals surface area contributed by atoms with Crippen molar-refractivity contribution in [3.8, 4) is 22.3 Å². The molecule has 0 N–H and O–H groups in total. The van der Waals surface area contributed by atoms with Crippen molar-refractivity contribution < 1.29 is 0 Å². The molecule has 1 heterocycles. The maximum absolute atomic E-state index is 2.37. The number of benzene rings is 4. The number of fused-ring (bicyclic) bond motifs is 3. The van der Waals surface area contributed by atoms with Crippen molar-refractivity contribution in [1.82, 2.24) is 0 Å². The third-order valence-electron chi connectivity index (χ3n) is 5.63. The van der Waals surface area contributed by atoms with E-state index in [-0.39, 0.29) is 0 Å². The molecular weight excluding hydrogens is 356 g/mol. The van der Waals surface area contributed by atoms with Gasteiger partial charge in [-0.1, -0.05) is 66.2 Å². The van der Waals surface area contributed by atoms with Gasteiger partial charge in [-0.25, -0.2) is 0 Å². The van der Waals surface area contributed by atoms with E-state index in [9.17, 15) is 0 Å². The highest BCUT2D eigenvalue weighted by Crippen LogP contribution is 2.41. The predicted molar refractivity (Wildman–Crippen MR) is 124 cm³/mol. The molecule has 0 aliphatic heterocycles. The maximum atomic E-state index is 2.37. The first kappa shape index (κ1) is 17.2. The summed E-state index contributed by atoms with van der Waals surface area (Å²) < 4.78 is 2.71. The molecule has 0 fully saturated rings. The molecule has 0 amide bonds. The van der Waals surface area contributed by atoms with Crippen LogP contribution in [0.25, 0.3) is 42.4 Å². The molecule has 0 saturated heterocycles. The first-order valence-corrected chi connectivity index (χ1v) is 10.5. The van der Waals surface area contributed by atoms with E-state index in [1.165, 1.54) is 59.1 Å². The van der Waals surface area contributed by atoms with Crippen LogP contribution >= 0.6 is 11.3 Å². The fourth-order valence-electron chi connectivity index (χ4n) is 4.12. The van der Waals surface area contributed by atoms with Crippen LogP contribution in [0.5, 0.6) is 0 Å². The molecule has 0 spiro atoms. The molecule has 28 heavy (non-hydrogen) atoms. The van der Waals surface area contributed by atoms with Crippen LogP contribution in [0.1, 0.15) is 16.7 Å². The quantitative estimate of drug-likeness (QED) is 0.290. The molecular formula is C27H22S. The van der Waals surface area contributed by atoms with Gasteiger partial charge >= 0.3 is 0 Å². The number of aryl methyl sites for hydroxylation is 3. The average molecular weight is 379 g/mol. The van der Waals surface area contributed by atoms with E-state index in [0.717, 1.165) is 0 Å². The van der Waals surface area contributed by atoms with Crippen molar-refractivity contribution in [1.29, 1.82) is 0 Å². The van der Waals surface area contributed by atoms with Gasteiger partial charge < -0.3 is 0 Å². The highest BCUT2D eigenvalue weighted by Gasteiger charge is 2.13. The Balaban J connectivity index is 1.78. The first-order valence-electron chi connectivity index (χ1n) is 9.71. The summed E-state index contributed by atoms with van der Waals surface area (Å²) in [4.78, 5) is 0. The molecule has 0 nitrogen and oxygen atoms in total. The molecule has 4 aromatic carbocycles. The number of hydrogen-bond acceptors (Lipinski definition) is 1. The van der Waals surface area contributed by atoms with Crippen molar-refractivity contribution >= 4 is 31.5 Å². The summed E-state index contributed by atoms with van der Waals surface area (Å²) in [5.41, 5.74) is 9.22. The van der Waals surface area contributed by atoms with Gasteiger partial charge in [-0.3, -0.25) is 0 Å². The highest BCUT2D eigenvalue weighted by molar-refractivity contribution is 7.25. The minimum Gasteiger partial charge on any atom is -0.135 e. The SMILES string of the molecule is Cc1ccc(C)c(-c2cc(-c3cccc4sc5ccccc5c34)ccc2C)c1. The fraction of sp³-hybridized carbons (Fsp3) is 0.111. The van der Waals surface area contributed by atoms with Crippen LogP contribution in [-0.4, -0.2) is 0 Å². The highest BCUT2D eigenvalue weighted by atomic mass is 32.1. The van der Waals surface area contributed by atoms with E-state index < -0.39 is 0 Å². The minimum absolute atomic E-state index is 1.29. The van der Waals surface area contributed by atoms with E-state index in [4.69, 9.17) is 0 Å². The van der Waals surface area contributed by atoms with Crippen LogP contribution in [0.15, 0.2) is 78.9 Å². The maximum Gasteiger partial charge on any atom is 0.0361 e. The Kier molecular flexibility index (Phi) is 4.07. The molecule has 0 radical (unpaired) electrons. The van der Waals surface area contributed by atoms with Gasteiger partial charge in [0.25, 0.3) is 0 Å². The topological polar surface area (TPSA) is 0 Å². The molecule has 0 bridgehead atoms.